The fourth-order valence-corrected chi connectivity index (χ4v) is 2.64. The minimum Gasteiger partial charge on any atom is -0.330 e. The number of rotatable bonds is 5. The second-order valence-electron chi connectivity index (χ2n) is 4.86. The third kappa shape index (κ3) is 3.51. The molecule has 0 saturated heterocycles. The highest BCUT2D eigenvalue weighted by molar-refractivity contribution is 5.16. The molecule has 3 N–H and O–H groups in total. The smallest absolute Gasteiger partial charge is 0.123 e. The largest absolute Gasteiger partial charge is 0.330 e. The Morgan fingerprint density at radius 3 is 2.71 bits per heavy atom. The van der Waals surface area contributed by atoms with Crippen LogP contribution < -0.4 is 11.1 Å². The molecule has 0 radical (unpaired) electrons. The highest BCUT2D eigenvalue weighted by Gasteiger charge is 2.24. The zero-order chi connectivity index (χ0) is 12.1. The monoisotopic (exact) mass is 236 g/mol. The zero-order valence-electron chi connectivity index (χ0n) is 10.2. The molecule has 1 aliphatic carbocycles. The lowest BCUT2D eigenvalue weighted by atomic mass is 10.0. The second-order valence-corrected chi connectivity index (χ2v) is 4.86. The fourth-order valence-electron chi connectivity index (χ4n) is 2.64. The van der Waals surface area contributed by atoms with Crippen molar-refractivity contribution in [2.24, 2.45) is 11.7 Å². The van der Waals surface area contributed by atoms with Gasteiger partial charge in [-0.1, -0.05) is 18.6 Å². The van der Waals surface area contributed by atoms with Gasteiger partial charge in [0.05, 0.1) is 0 Å². The fraction of sp³-hybridized carbons (Fsp3) is 0.571. The molecule has 1 saturated carbocycles. The molecule has 0 bridgehead atoms. The van der Waals surface area contributed by atoms with Gasteiger partial charge in [0.25, 0.3) is 0 Å². The first-order valence-corrected chi connectivity index (χ1v) is 6.47. The average molecular weight is 236 g/mol. The molecule has 3 heteroatoms. The maximum atomic E-state index is 12.7. The Kier molecular flexibility index (Phi) is 4.51. The van der Waals surface area contributed by atoms with Crippen molar-refractivity contribution >= 4 is 0 Å². The van der Waals surface area contributed by atoms with E-state index in [0.29, 0.717) is 12.0 Å². The summed E-state index contributed by atoms with van der Waals surface area (Å²) in [5, 5.41) is 3.57. The van der Waals surface area contributed by atoms with Crippen LogP contribution in [-0.4, -0.2) is 19.1 Å². The molecular formula is C14H21FN2. The van der Waals surface area contributed by atoms with Crippen LogP contribution in [0.5, 0.6) is 0 Å². The van der Waals surface area contributed by atoms with Crippen LogP contribution in [0.3, 0.4) is 0 Å². The summed E-state index contributed by atoms with van der Waals surface area (Å²) in [5.74, 6) is 0.476. The number of nitrogens with two attached hydrogens (primary N) is 1. The van der Waals surface area contributed by atoms with Gasteiger partial charge in [-0.2, -0.15) is 0 Å². The van der Waals surface area contributed by atoms with Crippen molar-refractivity contribution in [3.8, 4) is 0 Å². The first kappa shape index (κ1) is 12.5. The number of halogens is 1. The summed E-state index contributed by atoms with van der Waals surface area (Å²) in [5.41, 5.74) is 6.92. The van der Waals surface area contributed by atoms with E-state index in [1.165, 1.54) is 37.0 Å². The van der Waals surface area contributed by atoms with Gasteiger partial charge in [0.1, 0.15) is 5.82 Å². The second kappa shape index (κ2) is 6.12. The lowest BCUT2D eigenvalue weighted by molar-refractivity contribution is 0.410. The molecule has 1 aromatic carbocycles. The summed E-state index contributed by atoms with van der Waals surface area (Å²) in [4.78, 5) is 0. The van der Waals surface area contributed by atoms with Gasteiger partial charge < -0.3 is 11.1 Å². The predicted octanol–water partition coefficient (Wildman–Crippen LogP) is 2.09. The van der Waals surface area contributed by atoms with Crippen LogP contribution in [0.15, 0.2) is 24.3 Å². The molecule has 0 amide bonds. The summed E-state index contributed by atoms with van der Waals surface area (Å²) >= 11 is 0. The Bertz CT molecular complexity index is 337. The minimum atomic E-state index is -0.166. The van der Waals surface area contributed by atoms with Crippen molar-refractivity contribution in [2.45, 2.75) is 31.7 Å². The maximum Gasteiger partial charge on any atom is 0.123 e. The maximum absolute atomic E-state index is 12.7. The molecule has 2 nitrogen and oxygen atoms in total. The Morgan fingerprint density at radius 2 is 2.00 bits per heavy atom. The first-order chi connectivity index (χ1) is 8.29. The molecule has 0 aliphatic heterocycles. The topological polar surface area (TPSA) is 38.0 Å². The van der Waals surface area contributed by atoms with Gasteiger partial charge in [-0.15, -0.1) is 0 Å². The van der Waals surface area contributed by atoms with Gasteiger partial charge in [-0.05, 0) is 56.0 Å². The number of hydrogen-bond acceptors (Lipinski definition) is 2. The highest BCUT2D eigenvalue weighted by atomic mass is 19.1. The van der Waals surface area contributed by atoms with Gasteiger partial charge in [0, 0.05) is 6.04 Å². The van der Waals surface area contributed by atoms with E-state index in [9.17, 15) is 4.39 Å². The minimum absolute atomic E-state index is 0.166. The van der Waals surface area contributed by atoms with E-state index in [0.717, 1.165) is 19.5 Å². The van der Waals surface area contributed by atoms with Gasteiger partial charge >= 0.3 is 0 Å². The van der Waals surface area contributed by atoms with E-state index in [-0.39, 0.29) is 5.82 Å². The summed E-state index contributed by atoms with van der Waals surface area (Å²) in [7, 11) is 0. The van der Waals surface area contributed by atoms with Crippen molar-refractivity contribution in [3.05, 3.63) is 35.6 Å². The Morgan fingerprint density at radius 1 is 1.24 bits per heavy atom. The lowest BCUT2D eigenvalue weighted by Crippen LogP contribution is -2.37. The quantitative estimate of drug-likeness (QED) is 0.821. The molecule has 0 heterocycles. The van der Waals surface area contributed by atoms with Gasteiger partial charge in [-0.25, -0.2) is 4.39 Å². The van der Waals surface area contributed by atoms with Crippen LogP contribution >= 0.6 is 0 Å². The molecule has 1 aliphatic rings. The van der Waals surface area contributed by atoms with Crippen LogP contribution in [0.25, 0.3) is 0 Å². The summed E-state index contributed by atoms with van der Waals surface area (Å²) in [6.45, 7) is 1.74. The summed E-state index contributed by atoms with van der Waals surface area (Å²) in [6, 6.07) is 7.33. The molecule has 0 aromatic heterocycles. The molecular weight excluding hydrogens is 215 g/mol. The van der Waals surface area contributed by atoms with Gasteiger partial charge in [0.15, 0.2) is 0 Å². The van der Waals surface area contributed by atoms with Crippen LogP contribution in [0, 0.1) is 11.7 Å². The summed E-state index contributed by atoms with van der Waals surface area (Å²) in [6.07, 6.45) is 4.74. The standard InChI is InChI=1S/C14H21FN2/c15-13-6-4-11(5-7-13)8-9-17-14-3-1-2-12(14)10-16/h4-7,12,14,17H,1-3,8-10,16H2. The lowest BCUT2D eigenvalue weighted by Gasteiger charge is -2.19. The van der Waals surface area contributed by atoms with E-state index in [2.05, 4.69) is 5.32 Å². The first-order valence-electron chi connectivity index (χ1n) is 6.47. The van der Waals surface area contributed by atoms with Crippen LogP contribution in [0.1, 0.15) is 24.8 Å². The number of benzene rings is 1. The van der Waals surface area contributed by atoms with E-state index in [4.69, 9.17) is 5.73 Å². The molecule has 94 valence electrons. The van der Waals surface area contributed by atoms with Crippen LogP contribution in [-0.2, 0) is 6.42 Å². The summed E-state index contributed by atoms with van der Waals surface area (Å²) < 4.78 is 12.7. The SMILES string of the molecule is NCC1CCCC1NCCc1ccc(F)cc1. The molecule has 1 aromatic rings. The van der Waals surface area contributed by atoms with Crippen molar-refractivity contribution in [2.75, 3.05) is 13.1 Å². The third-order valence-electron chi connectivity index (χ3n) is 3.70. The number of nitrogens with one attached hydrogen (secondary N) is 1. The van der Waals surface area contributed by atoms with E-state index >= 15 is 0 Å². The Labute approximate surface area is 102 Å². The van der Waals surface area contributed by atoms with Crippen molar-refractivity contribution < 1.29 is 4.39 Å². The van der Waals surface area contributed by atoms with Crippen LogP contribution in [0.4, 0.5) is 4.39 Å². The Balaban J connectivity index is 1.74. The normalized spacial score (nSPS) is 24.1. The molecule has 17 heavy (non-hydrogen) atoms. The highest BCUT2D eigenvalue weighted by Crippen LogP contribution is 2.24. The molecule has 0 spiro atoms. The van der Waals surface area contributed by atoms with E-state index in [1.807, 2.05) is 12.1 Å². The Hall–Kier alpha value is -0.930. The third-order valence-corrected chi connectivity index (χ3v) is 3.70. The van der Waals surface area contributed by atoms with E-state index < -0.39 is 0 Å². The average Bonchev–Trinajstić information content (AvgIpc) is 2.79. The molecule has 2 unspecified atom stereocenters. The van der Waals surface area contributed by atoms with Crippen molar-refractivity contribution in [3.63, 3.8) is 0 Å². The number of hydrogen-bond donors (Lipinski definition) is 2. The molecule has 2 rings (SSSR count). The van der Waals surface area contributed by atoms with Crippen LogP contribution in [0.2, 0.25) is 0 Å². The predicted molar refractivity (Wildman–Crippen MR) is 68.3 cm³/mol. The van der Waals surface area contributed by atoms with E-state index in [1.54, 1.807) is 0 Å². The van der Waals surface area contributed by atoms with Crippen molar-refractivity contribution in [1.82, 2.24) is 5.32 Å². The molecule has 1 fully saturated rings. The van der Waals surface area contributed by atoms with Crippen molar-refractivity contribution in [1.29, 1.82) is 0 Å². The zero-order valence-corrected chi connectivity index (χ0v) is 10.2. The van der Waals surface area contributed by atoms with Gasteiger partial charge in [-0.3, -0.25) is 0 Å². The molecule has 2 atom stereocenters. The van der Waals surface area contributed by atoms with Gasteiger partial charge in [0.2, 0.25) is 0 Å².